The van der Waals surface area contributed by atoms with Gasteiger partial charge in [-0.25, -0.2) is 4.98 Å². The van der Waals surface area contributed by atoms with Crippen molar-refractivity contribution in [3.8, 4) is 0 Å². The summed E-state index contributed by atoms with van der Waals surface area (Å²) in [6.45, 7) is 5.21. The zero-order valence-corrected chi connectivity index (χ0v) is 16.4. The molecular formula is C21H25N3OS. The molecular weight excluding hydrogens is 342 g/mol. The largest absolute Gasteiger partial charge is 0.309 e. The molecule has 0 unspecified atom stereocenters. The average Bonchev–Trinajstić information content (AvgIpc) is 2.99. The number of H-pyrrole nitrogens is 1. The Labute approximate surface area is 157 Å². The summed E-state index contributed by atoms with van der Waals surface area (Å²) in [5, 5.41) is 0.832. The predicted octanol–water partition coefficient (Wildman–Crippen LogP) is 4.30. The molecule has 4 rings (SSSR count). The number of fused-ring (bicyclic) bond motifs is 3. The average molecular weight is 368 g/mol. The van der Waals surface area contributed by atoms with E-state index < -0.39 is 0 Å². The van der Waals surface area contributed by atoms with Crippen molar-refractivity contribution in [3.63, 3.8) is 0 Å². The zero-order valence-electron chi connectivity index (χ0n) is 15.6. The third-order valence-corrected chi connectivity index (χ3v) is 6.66. The summed E-state index contributed by atoms with van der Waals surface area (Å²) in [6.07, 6.45) is 3.24. The Kier molecular flexibility index (Phi) is 4.67. The monoisotopic (exact) mass is 367 g/mol. The van der Waals surface area contributed by atoms with Crippen molar-refractivity contribution < 1.29 is 0 Å². The summed E-state index contributed by atoms with van der Waals surface area (Å²) >= 11 is 1.72. The van der Waals surface area contributed by atoms with Gasteiger partial charge in [0.2, 0.25) is 0 Å². The fourth-order valence-electron chi connectivity index (χ4n) is 3.78. The Morgan fingerprint density at radius 2 is 2.12 bits per heavy atom. The molecule has 0 saturated heterocycles. The molecule has 0 bridgehead atoms. The van der Waals surface area contributed by atoms with Crippen LogP contribution in [0.3, 0.4) is 0 Å². The minimum absolute atomic E-state index is 0.0250. The van der Waals surface area contributed by atoms with E-state index >= 15 is 0 Å². The maximum atomic E-state index is 12.8. The third kappa shape index (κ3) is 3.21. The van der Waals surface area contributed by atoms with E-state index in [1.165, 1.54) is 16.0 Å². The molecule has 4 nitrogen and oxygen atoms in total. The number of aromatic amines is 1. The van der Waals surface area contributed by atoms with Crippen LogP contribution in [-0.4, -0.2) is 21.9 Å². The van der Waals surface area contributed by atoms with E-state index in [-0.39, 0.29) is 11.6 Å². The summed E-state index contributed by atoms with van der Waals surface area (Å²) in [6, 6.07) is 10.4. The SMILES string of the molecule is C[C@H]1CCc2c(sc3nc([C@@H](C)N(C)Cc4ccccc4)[nH]c(=O)c23)C1. The van der Waals surface area contributed by atoms with E-state index in [4.69, 9.17) is 4.98 Å². The van der Waals surface area contributed by atoms with Crippen molar-refractivity contribution in [2.45, 2.75) is 45.7 Å². The van der Waals surface area contributed by atoms with Crippen LogP contribution in [0.25, 0.3) is 10.2 Å². The van der Waals surface area contributed by atoms with Crippen LogP contribution >= 0.6 is 11.3 Å². The highest BCUT2D eigenvalue weighted by atomic mass is 32.1. The van der Waals surface area contributed by atoms with Gasteiger partial charge in [-0.15, -0.1) is 11.3 Å². The van der Waals surface area contributed by atoms with Crippen LogP contribution in [0.15, 0.2) is 35.1 Å². The van der Waals surface area contributed by atoms with Gasteiger partial charge in [0.1, 0.15) is 10.7 Å². The second kappa shape index (κ2) is 6.97. The molecule has 0 saturated carbocycles. The van der Waals surface area contributed by atoms with E-state index in [0.717, 1.165) is 41.8 Å². The number of thiophene rings is 1. The van der Waals surface area contributed by atoms with Gasteiger partial charge >= 0.3 is 0 Å². The lowest BCUT2D eigenvalue weighted by Gasteiger charge is -2.24. The van der Waals surface area contributed by atoms with Crippen molar-refractivity contribution >= 4 is 21.6 Å². The molecule has 1 N–H and O–H groups in total. The molecule has 5 heteroatoms. The first-order valence-electron chi connectivity index (χ1n) is 9.31. The van der Waals surface area contributed by atoms with Crippen LogP contribution in [-0.2, 0) is 19.4 Å². The summed E-state index contributed by atoms with van der Waals surface area (Å²) in [5.41, 5.74) is 2.52. The molecule has 136 valence electrons. The van der Waals surface area contributed by atoms with Gasteiger partial charge in [0.25, 0.3) is 5.56 Å². The number of aromatic nitrogens is 2. The third-order valence-electron chi connectivity index (χ3n) is 5.52. The normalized spacial score (nSPS) is 18.2. The highest BCUT2D eigenvalue weighted by Crippen LogP contribution is 2.36. The molecule has 1 aliphatic carbocycles. The molecule has 26 heavy (non-hydrogen) atoms. The van der Waals surface area contributed by atoms with Crippen LogP contribution in [0, 0.1) is 5.92 Å². The number of aryl methyl sites for hydroxylation is 1. The summed E-state index contributed by atoms with van der Waals surface area (Å²) in [4.78, 5) is 25.2. The quantitative estimate of drug-likeness (QED) is 0.748. The summed E-state index contributed by atoms with van der Waals surface area (Å²) in [5.74, 6) is 1.46. The fourth-order valence-corrected chi connectivity index (χ4v) is 5.17. The summed E-state index contributed by atoms with van der Waals surface area (Å²) < 4.78 is 0. The van der Waals surface area contributed by atoms with E-state index in [0.29, 0.717) is 5.92 Å². The van der Waals surface area contributed by atoms with E-state index in [9.17, 15) is 4.79 Å². The van der Waals surface area contributed by atoms with Gasteiger partial charge in [-0.1, -0.05) is 37.3 Å². The van der Waals surface area contributed by atoms with Crippen molar-refractivity contribution in [1.82, 2.24) is 14.9 Å². The number of hydrogen-bond acceptors (Lipinski definition) is 4. The highest BCUT2D eigenvalue weighted by Gasteiger charge is 2.24. The molecule has 0 fully saturated rings. The van der Waals surface area contributed by atoms with Gasteiger partial charge in [-0.05, 0) is 50.3 Å². The first-order valence-corrected chi connectivity index (χ1v) is 10.1. The Bertz CT molecular complexity index is 976. The Hall–Kier alpha value is -1.98. The second-order valence-electron chi connectivity index (χ2n) is 7.56. The molecule has 1 aromatic carbocycles. The minimum atomic E-state index is 0.0250. The molecule has 2 atom stereocenters. The fraction of sp³-hybridized carbons (Fsp3) is 0.429. The smallest absolute Gasteiger partial charge is 0.259 e. The molecule has 1 aliphatic rings. The maximum Gasteiger partial charge on any atom is 0.259 e. The molecule has 2 heterocycles. The van der Waals surface area contributed by atoms with E-state index in [2.05, 4.69) is 55.0 Å². The lowest BCUT2D eigenvalue weighted by atomic mass is 9.89. The first-order chi connectivity index (χ1) is 12.5. The zero-order chi connectivity index (χ0) is 18.3. The van der Waals surface area contributed by atoms with Crippen molar-refractivity contribution in [1.29, 1.82) is 0 Å². The van der Waals surface area contributed by atoms with Crippen molar-refractivity contribution in [2.75, 3.05) is 7.05 Å². The van der Waals surface area contributed by atoms with Crippen LogP contribution in [0.1, 0.15) is 48.1 Å². The lowest BCUT2D eigenvalue weighted by Crippen LogP contribution is -2.26. The topological polar surface area (TPSA) is 49.0 Å². The van der Waals surface area contributed by atoms with Gasteiger partial charge in [0.15, 0.2) is 0 Å². The van der Waals surface area contributed by atoms with Gasteiger partial charge in [-0.3, -0.25) is 9.69 Å². The van der Waals surface area contributed by atoms with Gasteiger partial charge < -0.3 is 4.98 Å². The van der Waals surface area contributed by atoms with Crippen LogP contribution in [0.4, 0.5) is 0 Å². The van der Waals surface area contributed by atoms with Crippen LogP contribution in [0.5, 0.6) is 0 Å². The van der Waals surface area contributed by atoms with E-state index in [1.54, 1.807) is 11.3 Å². The van der Waals surface area contributed by atoms with Gasteiger partial charge in [0.05, 0.1) is 11.4 Å². The van der Waals surface area contributed by atoms with E-state index in [1.807, 2.05) is 6.07 Å². The molecule has 2 aromatic heterocycles. The Balaban J connectivity index is 1.65. The lowest BCUT2D eigenvalue weighted by molar-refractivity contribution is 0.244. The molecule has 0 radical (unpaired) electrons. The molecule has 0 amide bonds. The number of nitrogens with zero attached hydrogens (tertiary/aromatic N) is 2. The number of rotatable bonds is 4. The standard InChI is InChI=1S/C21H25N3OS/c1-13-9-10-16-17(11-13)26-21-18(16)20(25)22-19(23-21)14(2)24(3)12-15-7-5-4-6-8-15/h4-8,13-14H,9-12H2,1-3H3,(H,22,23,25)/t13-,14+/m0/s1. The Morgan fingerprint density at radius 3 is 2.88 bits per heavy atom. The molecule has 0 aliphatic heterocycles. The number of nitrogens with one attached hydrogen (secondary N) is 1. The van der Waals surface area contributed by atoms with Crippen LogP contribution < -0.4 is 5.56 Å². The highest BCUT2D eigenvalue weighted by molar-refractivity contribution is 7.18. The number of benzene rings is 1. The Morgan fingerprint density at radius 1 is 1.35 bits per heavy atom. The second-order valence-corrected chi connectivity index (χ2v) is 8.64. The van der Waals surface area contributed by atoms with Crippen molar-refractivity contribution in [3.05, 3.63) is 62.5 Å². The predicted molar refractivity (Wildman–Crippen MR) is 108 cm³/mol. The van der Waals surface area contributed by atoms with Crippen LogP contribution in [0.2, 0.25) is 0 Å². The van der Waals surface area contributed by atoms with Crippen molar-refractivity contribution in [2.24, 2.45) is 5.92 Å². The van der Waals surface area contributed by atoms with Gasteiger partial charge in [-0.2, -0.15) is 0 Å². The molecule has 3 aromatic rings. The minimum Gasteiger partial charge on any atom is -0.309 e. The first kappa shape index (κ1) is 17.4. The van der Waals surface area contributed by atoms with Gasteiger partial charge in [0, 0.05) is 11.4 Å². The number of hydrogen-bond donors (Lipinski definition) is 1. The molecule has 0 spiro atoms. The maximum absolute atomic E-state index is 12.8. The summed E-state index contributed by atoms with van der Waals surface area (Å²) in [7, 11) is 2.07.